The number of halogens is 1. The third-order valence-corrected chi connectivity index (χ3v) is 6.08. The highest BCUT2D eigenvalue weighted by molar-refractivity contribution is 6.32. The fourth-order valence-corrected chi connectivity index (χ4v) is 4.34. The summed E-state index contributed by atoms with van der Waals surface area (Å²) >= 11 is 6.20. The van der Waals surface area contributed by atoms with Crippen molar-refractivity contribution >= 4 is 23.3 Å². The lowest BCUT2D eigenvalue weighted by Gasteiger charge is -2.30. The molecule has 4 heterocycles. The smallest absolute Gasteiger partial charge is 0.407 e. The zero-order valence-electron chi connectivity index (χ0n) is 17.5. The summed E-state index contributed by atoms with van der Waals surface area (Å²) < 4.78 is 12.2. The van der Waals surface area contributed by atoms with E-state index in [1.54, 1.807) is 28.9 Å². The molecular formula is C21H19ClN6O5. The molecule has 5 rings (SSSR count). The first kappa shape index (κ1) is 21.0. The zero-order chi connectivity index (χ0) is 23.1. The van der Waals surface area contributed by atoms with Crippen LogP contribution in [0.25, 0.3) is 28.5 Å². The molecule has 0 radical (unpaired) electrons. The van der Waals surface area contributed by atoms with Gasteiger partial charge in [0.2, 0.25) is 5.82 Å². The Labute approximate surface area is 191 Å². The van der Waals surface area contributed by atoms with Crippen molar-refractivity contribution in [3.8, 4) is 28.6 Å². The summed E-state index contributed by atoms with van der Waals surface area (Å²) in [5, 5.41) is 18.1. The van der Waals surface area contributed by atoms with Gasteiger partial charge in [0, 0.05) is 30.6 Å². The second-order valence-corrected chi connectivity index (χ2v) is 8.10. The quantitative estimate of drug-likeness (QED) is 0.463. The summed E-state index contributed by atoms with van der Waals surface area (Å²) in [7, 11) is 1.53. The first-order chi connectivity index (χ1) is 15.9. The van der Waals surface area contributed by atoms with Gasteiger partial charge in [0.1, 0.15) is 11.4 Å². The second-order valence-electron chi connectivity index (χ2n) is 7.69. The van der Waals surface area contributed by atoms with Gasteiger partial charge >= 0.3 is 6.09 Å². The molecule has 0 atom stereocenters. The number of hydrogen-bond acceptors (Lipinski definition) is 7. The fourth-order valence-electron chi connectivity index (χ4n) is 4.08. The largest absolute Gasteiger partial charge is 0.495 e. The van der Waals surface area contributed by atoms with E-state index >= 15 is 0 Å². The van der Waals surface area contributed by atoms with Gasteiger partial charge in [-0.1, -0.05) is 16.8 Å². The number of carbonyl (C=O) groups is 1. The van der Waals surface area contributed by atoms with Crippen molar-refractivity contribution in [3.63, 3.8) is 0 Å². The number of nitrogens with zero attached hydrogens (tertiary/aromatic N) is 5. The van der Waals surface area contributed by atoms with Gasteiger partial charge < -0.3 is 24.3 Å². The lowest BCUT2D eigenvalue weighted by atomic mass is 9.93. The van der Waals surface area contributed by atoms with E-state index in [9.17, 15) is 14.7 Å². The van der Waals surface area contributed by atoms with Crippen LogP contribution in [0.1, 0.15) is 24.5 Å². The number of aromatic nitrogens is 5. The SMILES string of the molecule is COc1ccc(-c2nc(-c3cnn4c(C5CCN(C(=O)O)CC5)cc(=O)[nH]c34)no2)cc1Cl. The third kappa shape index (κ3) is 3.80. The number of methoxy groups -OCH3 is 1. The number of amides is 1. The molecule has 1 saturated heterocycles. The molecule has 4 aromatic rings. The van der Waals surface area contributed by atoms with Crippen LogP contribution in [0.4, 0.5) is 4.79 Å². The number of H-pyrrole nitrogens is 1. The normalized spacial score (nSPS) is 14.7. The minimum absolute atomic E-state index is 0.000389. The highest BCUT2D eigenvalue weighted by Gasteiger charge is 2.27. The Morgan fingerprint density at radius 3 is 2.79 bits per heavy atom. The van der Waals surface area contributed by atoms with Crippen LogP contribution in [0.2, 0.25) is 5.02 Å². The average molecular weight is 471 g/mol. The summed E-state index contributed by atoms with van der Waals surface area (Å²) in [6, 6.07) is 6.63. The van der Waals surface area contributed by atoms with Gasteiger partial charge in [0.15, 0.2) is 0 Å². The molecular weight excluding hydrogens is 452 g/mol. The van der Waals surface area contributed by atoms with Gasteiger partial charge in [-0.2, -0.15) is 10.1 Å². The Morgan fingerprint density at radius 1 is 1.30 bits per heavy atom. The minimum atomic E-state index is -0.933. The van der Waals surface area contributed by atoms with Crippen molar-refractivity contribution < 1.29 is 19.2 Å². The highest BCUT2D eigenvalue weighted by atomic mass is 35.5. The van der Waals surface area contributed by atoms with E-state index in [4.69, 9.17) is 20.9 Å². The Morgan fingerprint density at radius 2 is 2.09 bits per heavy atom. The maximum Gasteiger partial charge on any atom is 0.407 e. The summed E-state index contributed by atoms with van der Waals surface area (Å²) in [5.74, 6) is 1.05. The fraction of sp³-hybridized carbons (Fsp3) is 0.286. The van der Waals surface area contributed by atoms with Gasteiger partial charge in [0.05, 0.1) is 29.6 Å². The number of likely N-dealkylation sites (tertiary alicyclic amines) is 1. The van der Waals surface area contributed by atoms with E-state index in [0.29, 0.717) is 53.5 Å². The van der Waals surface area contributed by atoms with Crippen LogP contribution in [-0.4, -0.2) is 61.0 Å². The van der Waals surface area contributed by atoms with Crippen molar-refractivity contribution in [1.82, 2.24) is 29.6 Å². The number of ether oxygens (including phenoxy) is 1. The Kier molecular flexibility index (Phi) is 5.25. The Hall–Kier alpha value is -3.86. The van der Waals surface area contributed by atoms with E-state index in [2.05, 4.69) is 20.2 Å². The second kappa shape index (κ2) is 8.24. The number of piperidine rings is 1. The predicted molar refractivity (Wildman–Crippen MR) is 118 cm³/mol. The standard InChI is InChI=1S/C21H19ClN6O5/c1-32-16-3-2-12(8-14(16)22)20-25-18(26-33-20)13-10-23-28-15(9-17(29)24-19(13)28)11-4-6-27(7-5-11)21(30)31/h2-3,8-11H,4-7H2,1H3,(H,24,29)(H,30,31). The van der Waals surface area contributed by atoms with Crippen molar-refractivity contribution in [2.45, 2.75) is 18.8 Å². The minimum Gasteiger partial charge on any atom is -0.495 e. The first-order valence-corrected chi connectivity index (χ1v) is 10.6. The molecule has 0 saturated carbocycles. The molecule has 12 heteroatoms. The maximum atomic E-state index is 12.4. The van der Waals surface area contributed by atoms with E-state index in [-0.39, 0.29) is 23.2 Å². The lowest BCUT2D eigenvalue weighted by Crippen LogP contribution is -2.37. The Balaban J connectivity index is 1.49. The van der Waals surface area contributed by atoms with Gasteiger partial charge in [0.25, 0.3) is 11.4 Å². The number of fused-ring (bicyclic) bond motifs is 1. The third-order valence-electron chi connectivity index (χ3n) is 5.78. The van der Waals surface area contributed by atoms with E-state index in [1.165, 1.54) is 18.1 Å². The number of hydrogen-bond donors (Lipinski definition) is 2. The van der Waals surface area contributed by atoms with Crippen LogP contribution >= 0.6 is 11.6 Å². The molecule has 170 valence electrons. The molecule has 0 bridgehead atoms. The van der Waals surface area contributed by atoms with Crippen LogP contribution in [-0.2, 0) is 0 Å². The number of aromatic amines is 1. The predicted octanol–water partition coefficient (Wildman–Crippen LogP) is 3.26. The molecule has 1 aromatic carbocycles. The highest BCUT2D eigenvalue weighted by Crippen LogP contribution is 2.32. The molecule has 11 nitrogen and oxygen atoms in total. The van der Waals surface area contributed by atoms with Gasteiger partial charge in [-0.25, -0.2) is 9.31 Å². The summed E-state index contributed by atoms with van der Waals surface area (Å²) in [5.41, 5.74) is 2.00. The van der Waals surface area contributed by atoms with Crippen molar-refractivity contribution in [2.24, 2.45) is 0 Å². The van der Waals surface area contributed by atoms with Crippen LogP contribution in [0, 0.1) is 0 Å². The van der Waals surface area contributed by atoms with Gasteiger partial charge in [-0.05, 0) is 31.0 Å². The van der Waals surface area contributed by atoms with Crippen molar-refractivity contribution in [3.05, 3.63) is 51.5 Å². The number of carboxylic acid groups (broad SMARTS) is 1. The van der Waals surface area contributed by atoms with E-state index in [0.717, 1.165) is 5.69 Å². The molecule has 3 aromatic heterocycles. The first-order valence-electron chi connectivity index (χ1n) is 10.2. The number of benzene rings is 1. The zero-order valence-corrected chi connectivity index (χ0v) is 18.2. The molecule has 33 heavy (non-hydrogen) atoms. The van der Waals surface area contributed by atoms with Crippen LogP contribution in [0.5, 0.6) is 5.75 Å². The molecule has 2 N–H and O–H groups in total. The van der Waals surface area contributed by atoms with Crippen LogP contribution in [0.15, 0.2) is 39.8 Å². The molecule has 1 amide bonds. The molecule has 0 spiro atoms. The monoisotopic (exact) mass is 470 g/mol. The van der Waals surface area contributed by atoms with Crippen LogP contribution < -0.4 is 10.3 Å². The lowest BCUT2D eigenvalue weighted by molar-refractivity contribution is 0.131. The summed E-state index contributed by atoms with van der Waals surface area (Å²) in [6.45, 7) is 0.808. The van der Waals surface area contributed by atoms with Crippen molar-refractivity contribution in [1.29, 1.82) is 0 Å². The molecule has 0 aliphatic carbocycles. The van der Waals surface area contributed by atoms with Crippen LogP contribution in [0.3, 0.4) is 0 Å². The maximum absolute atomic E-state index is 12.4. The van der Waals surface area contributed by atoms with Crippen molar-refractivity contribution in [2.75, 3.05) is 20.2 Å². The Bertz CT molecular complexity index is 1400. The molecule has 0 unspecified atom stereocenters. The molecule has 1 aliphatic rings. The topological polar surface area (TPSA) is 139 Å². The van der Waals surface area contributed by atoms with Gasteiger partial charge in [-0.15, -0.1) is 0 Å². The van der Waals surface area contributed by atoms with E-state index < -0.39 is 6.09 Å². The number of rotatable bonds is 4. The van der Waals surface area contributed by atoms with E-state index in [1.807, 2.05) is 0 Å². The summed E-state index contributed by atoms with van der Waals surface area (Å²) in [6.07, 6.45) is 1.84. The van der Waals surface area contributed by atoms with Gasteiger partial charge in [-0.3, -0.25) is 4.79 Å². The molecule has 1 fully saturated rings. The molecule has 1 aliphatic heterocycles. The average Bonchev–Trinajstić information content (AvgIpc) is 3.45. The summed E-state index contributed by atoms with van der Waals surface area (Å²) in [4.78, 5) is 32.3. The number of nitrogens with one attached hydrogen (secondary N) is 1.